The second kappa shape index (κ2) is 11.2. The van der Waals surface area contributed by atoms with Crippen molar-refractivity contribution in [1.29, 1.82) is 0 Å². The second-order valence-corrected chi connectivity index (χ2v) is 9.21. The number of anilines is 3. The van der Waals surface area contributed by atoms with Gasteiger partial charge in [0.1, 0.15) is 11.6 Å². The molecule has 1 heterocycles. The standard InChI is InChI=1S/C28H30F2N4O2/c1-18(2)20-7-5-19(6-8-20)17-31-27(35)21-9-12-26(34-13-3-4-14-34)25(15-21)33-28(36)32-24-16-22(29)10-11-23(24)30/h5-12,15-16,18H,3-4,13-14,17H2,1-2H3,(H,31,35)(H2,32,33,36). The molecule has 0 aliphatic carbocycles. The van der Waals surface area contributed by atoms with Crippen molar-refractivity contribution in [1.82, 2.24) is 5.32 Å². The Morgan fingerprint density at radius 1 is 0.889 bits per heavy atom. The lowest BCUT2D eigenvalue weighted by Crippen LogP contribution is -2.26. The number of halogens is 2. The molecule has 1 aliphatic heterocycles. The maximum Gasteiger partial charge on any atom is 0.323 e. The van der Waals surface area contributed by atoms with Crippen molar-refractivity contribution in [2.75, 3.05) is 28.6 Å². The van der Waals surface area contributed by atoms with Gasteiger partial charge in [0.05, 0.1) is 17.1 Å². The van der Waals surface area contributed by atoms with Crippen molar-refractivity contribution >= 4 is 29.0 Å². The van der Waals surface area contributed by atoms with Gasteiger partial charge in [-0.25, -0.2) is 13.6 Å². The predicted molar refractivity (Wildman–Crippen MR) is 139 cm³/mol. The van der Waals surface area contributed by atoms with Crippen LogP contribution in [-0.4, -0.2) is 25.0 Å². The van der Waals surface area contributed by atoms with E-state index in [0.717, 1.165) is 55.4 Å². The van der Waals surface area contributed by atoms with Crippen LogP contribution in [0.4, 0.5) is 30.6 Å². The number of urea groups is 1. The highest BCUT2D eigenvalue weighted by molar-refractivity contribution is 6.04. The van der Waals surface area contributed by atoms with Gasteiger partial charge in [-0.05, 0) is 60.2 Å². The average Bonchev–Trinajstić information content (AvgIpc) is 3.40. The molecular formula is C28H30F2N4O2. The van der Waals surface area contributed by atoms with Crippen LogP contribution in [0, 0.1) is 11.6 Å². The summed E-state index contributed by atoms with van der Waals surface area (Å²) in [6, 6.07) is 15.3. The lowest BCUT2D eigenvalue weighted by Gasteiger charge is -2.22. The molecule has 4 rings (SSSR count). The first-order chi connectivity index (χ1) is 17.3. The zero-order chi connectivity index (χ0) is 25.7. The normalized spacial score (nSPS) is 13.1. The second-order valence-electron chi connectivity index (χ2n) is 9.21. The van der Waals surface area contributed by atoms with Crippen LogP contribution < -0.4 is 20.9 Å². The Balaban J connectivity index is 1.49. The number of nitrogens with zero attached hydrogens (tertiary/aromatic N) is 1. The van der Waals surface area contributed by atoms with Crippen LogP contribution in [0.1, 0.15) is 54.1 Å². The molecule has 3 aromatic rings. The molecule has 188 valence electrons. The molecule has 3 N–H and O–H groups in total. The van der Waals surface area contributed by atoms with E-state index < -0.39 is 17.7 Å². The van der Waals surface area contributed by atoms with Gasteiger partial charge in [0.25, 0.3) is 5.91 Å². The van der Waals surface area contributed by atoms with E-state index in [0.29, 0.717) is 23.7 Å². The fraction of sp³-hybridized carbons (Fsp3) is 0.286. The van der Waals surface area contributed by atoms with E-state index in [2.05, 4.69) is 46.8 Å². The van der Waals surface area contributed by atoms with E-state index in [9.17, 15) is 18.4 Å². The van der Waals surface area contributed by atoms with E-state index >= 15 is 0 Å². The molecular weight excluding hydrogens is 462 g/mol. The first-order valence-corrected chi connectivity index (χ1v) is 12.1. The number of benzene rings is 3. The van der Waals surface area contributed by atoms with Gasteiger partial charge in [0.2, 0.25) is 0 Å². The van der Waals surface area contributed by atoms with Crippen molar-refractivity contribution in [3.05, 3.63) is 89.0 Å². The van der Waals surface area contributed by atoms with Crippen LogP contribution in [-0.2, 0) is 6.54 Å². The first kappa shape index (κ1) is 25.2. The Morgan fingerprint density at radius 3 is 2.28 bits per heavy atom. The molecule has 0 radical (unpaired) electrons. The third-order valence-electron chi connectivity index (χ3n) is 6.23. The fourth-order valence-corrected chi connectivity index (χ4v) is 4.19. The molecule has 3 amide bonds. The minimum atomic E-state index is -0.749. The molecule has 0 aromatic heterocycles. The summed E-state index contributed by atoms with van der Waals surface area (Å²) < 4.78 is 27.5. The van der Waals surface area contributed by atoms with Crippen molar-refractivity contribution in [2.45, 2.75) is 39.2 Å². The highest BCUT2D eigenvalue weighted by Gasteiger charge is 2.19. The van der Waals surface area contributed by atoms with Gasteiger partial charge in [-0.1, -0.05) is 38.1 Å². The fourth-order valence-electron chi connectivity index (χ4n) is 4.19. The number of rotatable bonds is 7. The van der Waals surface area contributed by atoms with Gasteiger partial charge in [-0.3, -0.25) is 4.79 Å². The van der Waals surface area contributed by atoms with Gasteiger partial charge in [0.15, 0.2) is 0 Å². The Hall–Kier alpha value is -3.94. The summed E-state index contributed by atoms with van der Waals surface area (Å²) in [5, 5.41) is 7.96. The number of carbonyl (C=O) groups excluding carboxylic acids is 2. The summed E-state index contributed by atoms with van der Waals surface area (Å²) in [7, 11) is 0. The van der Waals surface area contributed by atoms with Crippen LogP contribution in [0.25, 0.3) is 0 Å². The quantitative estimate of drug-likeness (QED) is 0.364. The van der Waals surface area contributed by atoms with Crippen molar-refractivity contribution in [2.24, 2.45) is 0 Å². The molecule has 1 saturated heterocycles. The molecule has 0 spiro atoms. The third-order valence-corrected chi connectivity index (χ3v) is 6.23. The summed E-state index contributed by atoms with van der Waals surface area (Å²) in [6.45, 7) is 6.28. The van der Waals surface area contributed by atoms with Crippen molar-refractivity contribution in [3.8, 4) is 0 Å². The van der Waals surface area contributed by atoms with E-state index in [-0.39, 0.29) is 11.6 Å². The van der Waals surface area contributed by atoms with Gasteiger partial charge >= 0.3 is 6.03 Å². The molecule has 0 unspecified atom stereocenters. The van der Waals surface area contributed by atoms with E-state index in [1.54, 1.807) is 18.2 Å². The topological polar surface area (TPSA) is 73.5 Å². The Morgan fingerprint density at radius 2 is 1.58 bits per heavy atom. The predicted octanol–water partition coefficient (Wildman–Crippen LogP) is 6.26. The summed E-state index contributed by atoms with van der Waals surface area (Å²) in [6.07, 6.45) is 2.05. The average molecular weight is 493 g/mol. The molecule has 36 heavy (non-hydrogen) atoms. The summed E-state index contributed by atoms with van der Waals surface area (Å²) in [5.41, 5.74) is 3.51. The van der Waals surface area contributed by atoms with Crippen LogP contribution >= 0.6 is 0 Å². The molecule has 3 aromatic carbocycles. The Bertz CT molecular complexity index is 1240. The SMILES string of the molecule is CC(C)c1ccc(CNC(=O)c2ccc(N3CCCC3)c(NC(=O)Nc3cc(F)ccc3F)c2)cc1. The monoisotopic (exact) mass is 492 g/mol. The first-order valence-electron chi connectivity index (χ1n) is 12.1. The van der Waals surface area contributed by atoms with Gasteiger partial charge in [0, 0.05) is 31.3 Å². The molecule has 1 fully saturated rings. The van der Waals surface area contributed by atoms with Crippen molar-refractivity contribution in [3.63, 3.8) is 0 Å². The molecule has 8 heteroatoms. The number of hydrogen-bond donors (Lipinski definition) is 3. The maximum absolute atomic E-state index is 14.0. The molecule has 0 saturated carbocycles. The maximum atomic E-state index is 14.0. The molecule has 0 bridgehead atoms. The van der Waals surface area contributed by atoms with E-state index in [4.69, 9.17) is 0 Å². The lowest BCUT2D eigenvalue weighted by atomic mass is 10.0. The molecule has 6 nitrogen and oxygen atoms in total. The van der Waals surface area contributed by atoms with Crippen LogP contribution in [0.15, 0.2) is 60.7 Å². The van der Waals surface area contributed by atoms with Gasteiger partial charge in [-0.15, -0.1) is 0 Å². The summed E-state index contributed by atoms with van der Waals surface area (Å²) >= 11 is 0. The summed E-state index contributed by atoms with van der Waals surface area (Å²) in [5.74, 6) is -1.26. The van der Waals surface area contributed by atoms with Crippen LogP contribution in [0.3, 0.4) is 0 Å². The largest absolute Gasteiger partial charge is 0.370 e. The van der Waals surface area contributed by atoms with E-state index in [1.807, 2.05) is 12.1 Å². The third kappa shape index (κ3) is 6.19. The number of carbonyl (C=O) groups is 2. The highest BCUT2D eigenvalue weighted by Crippen LogP contribution is 2.30. The zero-order valence-corrected chi connectivity index (χ0v) is 20.4. The van der Waals surface area contributed by atoms with Gasteiger partial charge in [-0.2, -0.15) is 0 Å². The number of amides is 3. The zero-order valence-electron chi connectivity index (χ0n) is 20.4. The van der Waals surface area contributed by atoms with Crippen LogP contribution in [0.2, 0.25) is 0 Å². The minimum Gasteiger partial charge on any atom is -0.370 e. The lowest BCUT2D eigenvalue weighted by molar-refractivity contribution is 0.0951. The molecule has 1 aliphatic rings. The highest BCUT2D eigenvalue weighted by atomic mass is 19.1. The number of hydrogen-bond acceptors (Lipinski definition) is 3. The van der Waals surface area contributed by atoms with Gasteiger partial charge < -0.3 is 20.9 Å². The molecule has 0 atom stereocenters. The smallest absolute Gasteiger partial charge is 0.323 e. The summed E-state index contributed by atoms with van der Waals surface area (Å²) in [4.78, 5) is 27.7. The Kier molecular flexibility index (Phi) is 7.83. The van der Waals surface area contributed by atoms with Crippen LogP contribution in [0.5, 0.6) is 0 Å². The number of nitrogens with one attached hydrogen (secondary N) is 3. The van der Waals surface area contributed by atoms with E-state index in [1.165, 1.54) is 5.56 Å². The Labute approximate surface area is 209 Å². The minimum absolute atomic E-state index is 0.271. The van der Waals surface area contributed by atoms with Crippen molar-refractivity contribution < 1.29 is 18.4 Å².